The molecule has 1 aliphatic carbocycles. The summed E-state index contributed by atoms with van der Waals surface area (Å²) in [6.45, 7) is 0. The van der Waals surface area contributed by atoms with E-state index in [-0.39, 0.29) is 0 Å². The number of ether oxygens (including phenoxy) is 1. The molecule has 0 spiro atoms. The smallest absolute Gasteiger partial charge is 0.166 e. The topological polar surface area (TPSA) is 49.9 Å². The highest BCUT2D eigenvalue weighted by Crippen LogP contribution is 2.30. The summed E-state index contributed by atoms with van der Waals surface area (Å²) in [5, 5.41) is 4.48. The van der Waals surface area contributed by atoms with E-state index < -0.39 is 0 Å². The van der Waals surface area contributed by atoms with E-state index in [1.807, 2.05) is 30.0 Å². The Kier molecular flexibility index (Phi) is 4.70. The standard InChI is InChI=1S/C16H23N3OS/c1-17-15(11-5-3-4-6-11)10-21-16-18-13-8-7-12(20-2)9-14(13)19-16/h7-9,11,15,17H,3-6,10H2,1-2H3,(H,18,19). The molecule has 21 heavy (non-hydrogen) atoms. The highest BCUT2D eigenvalue weighted by Gasteiger charge is 2.24. The molecule has 1 heterocycles. The van der Waals surface area contributed by atoms with Crippen molar-refractivity contribution in [2.75, 3.05) is 19.9 Å². The number of hydrogen-bond acceptors (Lipinski definition) is 4. The van der Waals surface area contributed by atoms with Gasteiger partial charge >= 0.3 is 0 Å². The second-order valence-corrected chi connectivity index (χ2v) is 6.68. The molecule has 2 N–H and O–H groups in total. The van der Waals surface area contributed by atoms with Crippen LogP contribution in [-0.2, 0) is 0 Å². The number of H-pyrrole nitrogens is 1. The number of benzene rings is 1. The largest absolute Gasteiger partial charge is 0.497 e. The zero-order valence-electron chi connectivity index (χ0n) is 12.7. The van der Waals surface area contributed by atoms with Gasteiger partial charge in [0, 0.05) is 17.9 Å². The van der Waals surface area contributed by atoms with E-state index in [1.165, 1.54) is 25.7 Å². The number of aromatic nitrogens is 2. The van der Waals surface area contributed by atoms with Crippen LogP contribution in [0.3, 0.4) is 0 Å². The molecular weight excluding hydrogens is 282 g/mol. The lowest BCUT2D eigenvalue weighted by atomic mass is 10.0. The molecule has 1 unspecified atom stereocenters. The molecule has 0 aliphatic heterocycles. The molecule has 0 bridgehead atoms. The number of thioether (sulfide) groups is 1. The SMILES string of the molecule is CNC(CSc1nc2ccc(OC)cc2[nH]1)C1CCCC1. The lowest BCUT2D eigenvalue weighted by Crippen LogP contribution is -2.34. The van der Waals surface area contributed by atoms with E-state index in [9.17, 15) is 0 Å². The molecule has 3 rings (SSSR count). The average molecular weight is 305 g/mol. The Morgan fingerprint density at radius 3 is 2.95 bits per heavy atom. The maximum atomic E-state index is 5.25. The highest BCUT2D eigenvalue weighted by atomic mass is 32.2. The van der Waals surface area contributed by atoms with Crippen molar-refractivity contribution in [3.8, 4) is 5.75 Å². The summed E-state index contributed by atoms with van der Waals surface area (Å²) >= 11 is 1.81. The fourth-order valence-electron chi connectivity index (χ4n) is 3.14. The zero-order valence-corrected chi connectivity index (χ0v) is 13.5. The first-order valence-corrected chi connectivity index (χ1v) is 8.62. The fraction of sp³-hybridized carbons (Fsp3) is 0.562. The van der Waals surface area contributed by atoms with Gasteiger partial charge in [0.25, 0.3) is 0 Å². The maximum Gasteiger partial charge on any atom is 0.166 e. The third-order valence-corrected chi connectivity index (χ3v) is 5.40. The molecule has 1 atom stereocenters. The van der Waals surface area contributed by atoms with Crippen LogP contribution in [0.4, 0.5) is 0 Å². The zero-order chi connectivity index (χ0) is 14.7. The second-order valence-electron chi connectivity index (χ2n) is 5.68. The Hall–Kier alpha value is -1.20. The van der Waals surface area contributed by atoms with Gasteiger partial charge in [0.05, 0.1) is 18.1 Å². The molecule has 1 saturated carbocycles. The van der Waals surface area contributed by atoms with Crippen LogP contribution in [0.5, 0.6) is 5.75 Å². The second kappa shape index (κ2) is 6.71. The van der Waals surface area contributed by atoms with Gasteiger partial charge in [0.15, 0.2) is 5.16 Å². The van der Waals surface area contributed by atoms with Crippen LogP contribution in [0.25, 0.3) is 11.0 Å². The number of imidazole rings is 1. The minimum Gasteiger partial charge on any atom is -0.497 e. The van der Waals surface area contributed by atoms with E-state index in [2.05, 4.69) is 22.3 Å². The average Bonchev–Trinajstić information content (AvgIpc) is 3.16. The Bertz CT molecular complexity index is 592. The quantitative estimate of drug-likeness (QED) is 0.803. The predicted octanol–water partition coefficient (Wildman–Crippen LogP) is 3.44. The molecule has 0 amide bonds. The Morgan fingerprint density at radius 1 is 1.43 bits per heavy atom. The first kappa shape index (κ1) is 14.7. The minimum atomic E-state index is 0.584. The van der Waals surface area contributed by atoms with Crippen LogP contribution < -0.4 is 10.1 Å². The molecule has 1 fully saturated rings. The van der Waals surface area contributed by atoms with E-state index >= 15 is 0 Å². The first-order chi connectivity index (χ1) is 10.3. The van der Waals surface area contributed by atoms with Crippen LogP contribution in [-0.4, -0.2) is 35.9 Å². The third kappa shape index (κ3) is 3.35. The van der Waals surface area contributed by atoms with Crippen molar-refractivity contribution < 1.29 is 4.74 Å². The normalized spacial score (nSPS) is 17.4. The van der Waals surface area contributed by atoms with Gasteiger partial charge in [-0.2, -0.15) is 0 Å². The molecule has 2 aromatic rings. The molecule has 5 heteroatoms. The van der Waals surface area contributed by atoms with Crippen molar-refractivity contribution in [3.05, 3.63) is 18.2 Å². The lowest BCUT2D eigenvalue weighted by molar-refractivity contribution is 0.410. The minimum absolute atomic E-state index is 0.584. The maximum absolute atomic E-state index is 5.25. The number of rotatable bonds is 6. The van der Waals surface area contributed by atoms with E-state index in [1.54, 1.807) is 7.11 Å². The molecule has 114 valence electrons. The predicted molar refractivity (Wildman–Crippen MR) is 88.2 cm³/mol. The molecule has 1 aromatic heterocycles. The van der Waals surface area contributed by atoms with Gasteiger partial charge in [-0.25, -0.2) is 4.98 Å². The summed E-state index contributed by atoms with van der Waals surface area (Å²) in [5.41, 5.74) is 2.04. The molecular formula is C16H23N3OS. The van der Waals surface area contributed by atoms with Crippen molar-refractivity contribution in [2.24, 2.45) is 5.92 Å². The van der Waals surface area contributed by atoms with E-state index in [0.717, 1.165) is 33.6 Å². The molecule has 1 aliphatic rings. The van der Waals surface area contributed by atoms with E-state index in [0.29, 0.717) is 6.04 Å². The number of fused-ring (bicyclic) bond motifs is 1. The van der Waals surface area contributed by atoms with Gasteiger partial charge in [0.2, 0.25) is 0 Å². The third-order valence-electron chi connectivity index (χ3n) is 4.41. The molecule has 0 radical (unpaired) electrons. The van der Waals surface area contributed by atoms with Crippen LogP contribution in [0.2, 0.25) is 0 Å². The van der Waals surface area contributed by atoms with Crippen molar-refractivity contribution >= 4 is 22.8 Å². The Morgan fingerprint density at radius 2 is 2.24 bits per heavy atom. The summed E-state index contributed by atoms with van der Waals surface area (Å²) < 4.78 is 5.25. The molecule has 4 nitrogen and oxygen atoms in total. The van der Waals surface area contributed by atoms with Crippen LogP contribution in [0.1, 0.15) is 25.7 Å². The van der Waals surface area contributed by atoms with Crippen LogP contribution in [0, 0.1) is 5.92 Å². The summed E-state index contributed by atoms with van der Waals surface area (Å²) in [6.07, 6.45) is 5.50. The van der Waals surface area contributed by atoms with Crippen LogP contribution in [0.15, 0.2) is 23.4 Å². The summed E-state index contributed by atoms with van der Waals surface area (Å²) in [7, 11) is 3.76. The number of nitrogens with one attached hydrogen (secondary N) is 2. The van der Waals surface area contributed by atoms with Gasteiger partial charge in [0.1, 0.15) is 5.75 Å². The van der Waals surface area contributed by atoms with Crippen molar-refractivity contribution in [3.63, 3.8) is 0 Å². The van der Waals surface area contributed by atoms with Crippen molar-refractivity contribution in [1.82, 2.24) is 15.3 Å². The van der Waals surface area contributed by atoms with Crippen LogP contribution >= 0.6 is 11.8 Å². The van der Waals surface area contributed by atoms with Crippen molar-refractivity contribution in [1.29, 1.82) is 0 Å². The lowest BCUT2D eigenvalue weighted by Gasteiger charge is -2.21. The monoisotopic (exact) mass is 305 g/mol. The first-order valence-electron chi connectivity index (χ1n) is 7.64. The van der Waals surface area contributed by atoms with Crippen molar-refractivity contribution in [2.45, 2.75) is 36.9 Å². The fourth-order valence-corrected chi connectivity index (χ4v) is 4.27. The molecule has 1 aromatic carbocycles. The summed E-state index contributed by atoms with van der Waals surface area (Å²) in [6, 6.07) is 6.53. The number of nitrogens with zero attached hydrogens (tertiary/aromatic N) is 1. The van der Waals surface area contributed by atoms with Gasteiger partial charge in [-0.1, -0.05) is 24.6 Å². The number of hydrogen-bond donors (Lipinski definition) is 2. The number of aromatic amines is 1. The van der Waals surface area contributed by atoms with Gasteiger partial charge in [-0.3, -0.25) is 0 Å². The highest BCUT2D eigenvalue weighted by molar-refractivity contribution is 7.99. The number of methoxy groups -OCH3 is 1. The van der Waals surface area contributed by atoms with Gasteiger partial charge in [-0.05, 0) is 37.9 Å². The van der Waals surface area contributed by atoms with Gasteiger partial charge < -0.3 is 15.0 Å². The van der Waals surface area contributed by atoms with Gasteiger partial charge in [-0.15, -0.1) is 0 Å². The summed E-state index contributed by atoms with van der Waals surface area (Å²) in [4.78, 5) is 8.03. The van der Waals surface area contributed by atoms with E-state index in [4.69, 9.17) is 4.74 Å². The molecule has 0 saturated heterocycles. The Balaban J connectivity index is 1.66. The Labute approximate surface area is 130 Å². The summed E-state index contributed by atoms with van der Waals surface area (Å²) in [5.74, 6) is 2.76.